The third-order valence-electron chi connectivity index (χ3n) is 2.82. The Morgan fingerprint density at radius 1 is 1.12 bits per heavy atom. The van der Waals surface area contributed by atoms with Crippen molar-refractivity contribution < 1.29 is 4.74 Å². The molecule has 0 aliphatic rings. The third-order valence-corrected chi connectivity index (χ3v) is 3.00. The summed E-state index contributed by atoms with van der Waals surface area (Å²) < 4.78 is 5.52. The third kappa shape index (κ3) is 7.53. The minimum Gasteiger partial charge on any atom is -0.379 e. The molecule has 0 aromatic heterocycles. The first-order valence-electron chi connectivity index (χ1n) is 6.58. The minimum absolute atomic E-state index is 0.710. The summed E-state index contributed by atoms with van der Waals surface area (Å²) in [5.74, 6) is 1.54. The lowest BCUT2D eigenvalue weighted by atomic mass is 10.1. The summed E-state index contributed by atoms with van der Waals surface area (Å²) in [5, 5.41) is 0. The molecule has 0 saturated carbocycles. The molecule has 2 nitrogen and oxygen atoms in total. The molecule has 0 bridgehead atoms. The van der Waals surface area contributed by atoms with Crippen LogP contribution in [0.3, 0.4) is 0 Å². The van der Waals surface area contributed by atoms with E-state index in [9.17, 15) is 0 Å². The quantitative estimate of drug-likeness (QED) is 0.470. The Morgan fingerprint density at radius 3 is 2.19 bits per heavy atom. The van der Waals surface area contributed by atoms with Crippen LogP contribution in [-0.4, -0.2) is 43.0 Å². The highest BCUT2D eigenvalue weighted by Gasteiger charge is 2.15. The van der Waals surface area contributed by atoms with Gasteiger partial charge in [-0.05, 0) is 18.8 Å². The predicted octanol–water partition coefficient (Wildman–Crippen LogP) is 3.08. The van der Waals surface area contributed by atoms with Gasteiger partial charge < -0.3 is 4.74 Å². The maximum absolute atomic E-state index is 5.52. The molecule has 3 heteroatoms. The lowest BCUT2D eigenvalue weighted by Gasteiger charge is -2.31. The molecule has 0 aliphatic heterocycles. The predicted molar refractivity (Wildman–Crippen MR) is 75.5 cm³/mol. The zero-order valence-corrected chi connectivity index (χ0v) is 12.3. The van der Waals surface area contributed by atoms with E-state index in [1.54, 1.807) is 0 Å². The van der Waals surface area contributed by atoms with Crippen LogP contribution >= 0.6 is 12.6 Å². The van der Waals surface area contributed by atoms with E-state index in [2.05, 4.69) is 45.2 Å². The van der Waals surface area contributed by atoms with Gasteiger partial charge in [-0.2, -0.15) is 12.6 Å². The molecule has 0 spiro atoms. The Balaban J connectivity index is 3.98. The lowest BCUT2D eigenvalue weighted by molar-refractivity contribution is 0.0857. The lowest BCUT2D eigenvalue weighted by Crippen LogP contribution is -2.39. The van der Waals surface area contributed by atoms with Crippen LogP contribution in [0.5, 0.6) is 0 Å². The summed E-state index contributed by atoms with van der Waals surface area (Å²) in [4.78, 5) is 2.57. The number of ether oxygens (including phenoxy) is 1. The summed E-state index contributed by atoms with van der Waals surface area (Å²) in [5.41, 5.74) is 0. The van der Waals surface area contributed by atoms with Gasteiger partial charge in [0.25, 0.3) is 0 Å². The maximum atomic E-state index is 5.52. The van der Waals surface area contributed by atoms with Gasteiger partial charge in [-0.1, -0.05) is 27.7 Å². The number of hydrogen-bond acceptors (Lipinski definition) is 3. The molecule has 0 atom stereocenters. The van der Waals surface area contributed by atoms with E-state index in [1.165, 1.54) is 19.4 Å². The average molecular weight is 247 g/mol. The van der Waals surface area contributed by atoms with Gasteiger partial charge in [-0.15, -0.1) is 0 Å². The van der Waals surface area contributed by atoms with Crippen LogP contribution in [0, 0.1) is 5.92 Å². The summed E-state index contributed by atoms with van der Waals surface area (Å²) >= 11 is 4.14. The van der Waals surface area contributed by atoms with Crippen molar-refractivity contribution >= 4 is 12.6 Å². The number of thiol groups is 1. The summed E-state index contributed by atoms with van der Waals surface area (Å²) in [6.07, 6.45) is 2.46. The van der Waals surface area contributed by atoms with E-state index in [-0.39, 0.29) is 0 Å². The maximum Gasteiger partial charge on any atom is 0.0593 e. The van der Waals surface area contributed by atoms with Crippen molar-refractivity contribution in [3.8, 4) is 0 Å². The number of rotatable bonds is 10. The van der Waals surface area contributed by atoms with Crippen molar-refractivity contribution in [2.24, 2.45) is 5.92 Å². The molecule has 0 aromatic carbocycles. The van der Waals surface area contributed by atoms with E-state index in [0.29, 0.717) is 6.04 Å². The average Bonchev–Trinajstić information content (AvgIpc) is 2.25. The standard InChI is InChI=1S/C13H29NOS/c1-5-13(6-2)14(11-12(3)4)7-8-15-9-10-16/h12-13,16H,5-11H2,1-4H3. The van der Waals surface area contributed by atoms with Crippen LogP contribution in [-0.2, 0) is 4.74 Å². The second kappa shape index (κ2) is 10.4. The topological polar surface area (TPSA) is 12.5 Å². The molecule has 98 valence electrons. The summed E-state index contributed by atoms with van der Waals surface area (Å²) in [6, 6.07) is 0.710. The Labute approximate surface area is 107 Å². The molecule has 16 heavy (non-hydrogen) atoms. The molecule has 0 radical (unpaired) electrons. The SMILES string of the molecule is CCC(CC)N(CCOCCS)CC(C)C. The van der Waals surface area contributed by atoms with Gasteiger partial charge in [-0.3, -0.25) is 4.90 Å². The van der Waals surface area contributed by atoms with Crippen molar-refractivity contribution in [2.45, 2.75) is 46.6 Å². The van der Waals surface area contributed by atoms with E-state index in [1.807, 2.05) is 0 Å². The molecule has 0 aliphatic carbocycles. The van der Waals surface area contributed by atoms with E-state index >= 15 is 0 Å². The Kier molecular flexibility index (Phi) is 10.6. The van der Waals surface area contributed by atoms with Crippen LogP contribution in [0.4, 0.5) is 0 Å². The Hall–Kier alpha value is 0.270. The van der Waals surface area contributed by atoms with Crippen LogP contribution in [0.25, 0.3) is 0 Å². The fourth-order valence-corrected chi connectivity index (χ4v) is 2.17. The second-order valence-corrected chi connectivity index (χ2v) is 5.14. The van der Waals surface area contributed by atoms with E-state index < -0.39 is 0 Å². The monoisotopic (exact) mass is 247 g/mol. The molecule has 0 fully saturated rings. The summed E-state index contributed by atoms with van der Waals surface area (Å²) in [6.45, 7) is 12.9. The fourth-order valence-electron chi connectivity index (χ4n) is 2.05. The Bertz CT molecular complexity index is 149. The molecule has 0 unspecified atom stereocenters. The Morgan fingerprint density at radius 2 is 1.75 bits per heavy atom. The molecular formula is C13H29NOS. The first kappa shape index (κ1) is 16.3. The number of nitrogens with zero attached hydrogens (tertiary/aromatic N) is 1. The van der Waals surface area contributed by atoms with Crippen molar-refractivity contribution in [2.75, 3.05) is 32.1 Å². The smallest absolute Gasteiger partial charge is 0.0593 e. The van der Waals surface area contributed by atoms with Gasteiger partial charge >= 0.3 is 0 Å². The minimum atomic E-state index is 0.710. The van der Waals surface area contributed by atoms with Gasteiger partial charge in [0.2, 0.25) is 0 Å². The highest BCUT2D eigenvalue weighted by atomic mass is 32.1. The van der Waals surface area contributed by atoms with Gasteiger partial charge in [0.15, 0.2) is 0 Å². The highest BCUT2D eigenvalue weighted by molar-refractivity contribution is 7.80. The molecule has 0 amide bonds. The van der Waals surface area contributed by atoms with Gasteiger partial charge in [-0.25, -0.2) is 0 Å². The first-order chi connectivity index (χ1) is 7.65. The van der Waals surface area contributed by atoms with Crippen LogP contribution < -0.4 is 0 Å². The highest BCUT2D eigenvalue weighted by Crippen LogP contribution is 2.11. The van der Waals surface area contributed by atoms with Crippen molar-refractivity contribution in [1.29, 1.82) is 0 Å². The zero-order valence-electron chi connectivity index (χ0n) is 11.4. The molecular weight excluding hydrogens is 218 g/mol. The zero-order chi connectivity index (χ0) is 12.4. The van der Waals surface area contributed by atoms with Crippen LogP contribution in [0.1, 0.15) is 40.5 Å². The van der Waals surface area contributed by atoms with E-state index in [0.717, 1.165) is 31.4 Å². The molecule has 0 heterocycles. The van der Waals surface area contributed by atoms with Crippen LogP contribution in [0.2, 0.25) is 0 Å². The van der Waals surface area contributed by atoms with Crippen molar-refractivity contribution in [3.63, 3.8) is 0 Å². The van der Waals surface area contributed by atoms with Gasteiger partial charge in [0.05, 0.1) is 13.2 Å². The van der Waals surface area contributed by atoms with Crippen molar-refractivity contribution in [1.82, 2.24) is 4.90 Å². The fraction of sp³-hybridized carbons (Fsp3) is 1.00. The molecule has 0 rings (SSSR count). The van der Waals surface area contributed by atoms with Gasteiger partial charge in [0.1, 0.15) is 0 Å². The van der Waals surface area contributed by atoms with Gasteiger partial charge in [0, 0.05) is 24.9 Å². The van der Waals surface area contributed by atoms with Crippen LogP contribution in [0.15, 0.2) is 0 Å². The molecule has 0 N–H and O–H groups in total. The molecule has 0 saturated heterocycles. The first-order valence-corrected chi connectivity index (χ1v) is 7.21. The second-order valence-electron chi connectivity index (χ2n) is 4.70. The largest absolute Gasteiger partial charge is 0.379 e. The normalized spacial score (nSPS) is 12.0. The van der Waals surface area contributed by atoms with E-state index in [4.69, 9.17) is 4.74 Å². The number of hydrogen-bond donors (Lipinski definition) is 1. The van der Waals surface area contributed by atoms with Crippen molar-refractivity contribution in [3.05, 3.63) is 0 Å². The summed E-state index contributed by atoms with van der Waals surface area (Å²) in [7, 11) is 0. The molecule has 0 aromatic rings.